The largest absolute Gasteiger partial charge is 0.480 e. The van der Waals surface area contributed by atoms with E-state index in [-0.39, 0.29) is 12.1 Å². The number of nitrogens with zero attached hydrogens (tertiary/aromatic N) is 1. The Morgan fingerprint density at radius 2 is 2.24 bits per heavy atom. The summed E-state index contributed by atoms with van der Waals surface area (Å²) in [5, 5.41) is 18.4. The van der Waals surface area contributed by atoms with Crippen LogP contribution in [0.1, 0.15) is 18.1 Å². The van der Waals surface area contributed by atoms with Crippen LogP contribution in [0.15, 0.2) is 18.2 Å². The van der Waals surface area contributed by atoms with Crippen LogP contribution in [0.5, 0.6) is 0 Å². The summed E-state index contributed by atoms with van der Waals surface area (Å²) >= 11 is 5.58. The monoisotopic (exact) mass is 257 g/mol. The summed E-state index contributed by atoms with van der Waals surface area (Å²) in [5.74, 6) is -1.18. The van der Waals surface area contributed by atoms with Crippen LogP contribution in [0.25, 0.3) is 0 Å². The lowest BCUT2D eigenvalue weighted by atomic mass is 10.0. The van der Waals surface area contributed by atoms with Gasteiger partial charge in [0.25, 0.3) is 5.69 Å². The van der Waals surface area contributed by atoms with E-state index in [9.17, 15) is 14.9 Å². The van der Waals surface area contributed by atoms with Gasteiger partial charge in [-0.15, -0.1) is 11.6 Å². The van der Waals surface area contributed by atoms with E-state index in [0.29, 0.717) is 12.0 Å². The zero-order valence-electron chi connectivity index (χ0n) is 9.22. The molecule has 0 aromatic heterocycles. The third-order valence-electron chi connectivity index (χ3n) is 2.42. The van der Waals surface area contributed by atoms with E-state index < -0.39 is 16.3 Å². The van der Waals surface area contributed by atoms with E-state index in [1.165, 1.54) is 6.07 Å². The molecule has 0 heterocycles. The first-order valence-electron chi connectivity index (χ1n) is 5.08. The molecule has 1 unspecified atom stereocenters. The Bertz CT molecular complexity index is 447. The minimum Gasteiger partial charge on any atom is -0.480 e. The highest BCUT2D eigenvalue weighted by Crippen LogP contribution is 2.23. The van der Waals surface area contributed by atoms with E-state index >= 15 is 0 Å². The summed E-state index contributed by atoms with van der Waals surface area (Å²) in [6.45, 7) is 1.89. The molecule has 92 valence electrons. The Balaban J connectivity index is 3.06. The van der Waals surface area contributed by atoms with E-state index in [0.717, 1.165) is 5.56 Å². The molecule has 0 bridgehead atoms. The molecule has 0 amide bonds. The topological polar surface area (TPSA) is 80.4 Å². The number of halogens is 1. The molecule has 6 heteroatoms. The van der Waals surface area contributed by atoms with Crippen LogP contribution >= 0.6 is 11.6 Å². The molecule has 0 radical (unpaired) electrons. The number of benzene rings is 1. The van der Waals surface area contributed by atoms with E-state index in [2.05, 4.69) is 0 Å². The van der Waals surface area contributed by atoms with Gasteiger partial charge < -0.3 is 5.11 Å². The predicted molar refractivity (Wildman–Crippen MR) is 63.5 cm³/mol. The van der Waals surface area contributed by atoms with Gasteiger partial charge in [0, 0.05) is 18.1 Å². The van der Waals surface area contributed by atoms with Crippen molar-refractivity contribution >= 4 is 23.3 Å². The Kier molecular flexibility index (Phi) is 4.45. The lowest BCUT2D eigenvalue weighted by Crippen LogP contribution is -2.16. The van der Waals surface area contributed by atoms with Crippen LogP contribution in [0, 0.1) is 10.1 Å². The summed E-state index contributed by atoms with van der Waals surface area (Å²) in [4.78, 5) is 20.9. The fourth-order valence-electron chi connectivity index (χ4n) is 1.45. The minimum absolute atomic E-state index is 0.0583. The van der Waals surface area contributed by atoms with Crippen LogP contribution in [0.4, 0.5) is 5.69 Å². The smallest absolute Gasteiger partial charge is 0.321 e. The van der Waals surface area contributed by atoms with Crippen molar-refractivity contribution in [3.8, 4) is 0 Å². The van der Waals surface area contributed by atoms with E-state index in [1.807, 2.05) is 6.92 Å². The fourth-order valence-corrected chi connectivity index (χ4v) is 1.62. The number of carbonyl (C=O) groups is 1. The number of alkyl halides is 1. The summed E-state index contributed by atoms with van der Waals surface area (Å²) in [6, 6.07) is 4.77. The second kappa shape index (κ2) is 5.63. The number of hydrogen-bond acceptors (Lipinski definition) is 3. The molecule has 1 atom stereocenters. The maximum absolute atomic E-state index is 10.9. The second-order valence-corrected chi connectivity index (χ2v) is 4.11. The van der Waals surface area contributed by atoms with Crippen LogP contribution < -0.4 is 0 Å². The first-order valence-corrected chi connectivity index (χ1v) is 5.52. The number of hydrogen-bond donors (Lipinski definition) is 1. The molecule has 0 aliphatic carbocycles. The first-order chi connectivity index (χ1) is 7.95. The number of carboxylic acids is 1. The average Bonchev–Trinajstić information content (AvgIpc) is 2.29. The van der Waals surface area contributed by atoms with Gasteiger partial charge in [0.15, 0.2) is 0 Å². The maximum Gasteiger partial charge on any atom is 0.321 e. The normalized spacial score (nSPS) is 12.1. The number of nitro benzene ring substituents is 1. The van der Waals surface area contributed by atoms with Crippen molar-refractivity contribution in [3.63, 3.8) is 0 Å². The molecule has 5 nitrogen and oxygen atoms in total. The van der Waals surface area contributed by atoms with Gasteiger partial charge in [-0.1, -0.05) is 19.1 Å². The molecule has 0 fully saturated rings. The number of nitro groups is 1. The van der Waals surface area contributed by atoms with Crippen molar-refractivity contribution in [2.75, 3.05) is 0 Å². The average molecular weight is 258 g/mol. The molecule has 1 N–H and O–H groups in total. The zero-order valence-corrected chi connectivity index (χ0v) is 9.98. The third kappa shape index (κ3) is 3.42. The molecule has 0 spiro atoms. The minimum atomic E-state index is -1.18. The molecular formula is C11H12ClNO4. The van der Waals surface area contributed by atoms with Gasteiger partial charge in [-0.25, -0.2) is 0 Å². The zero-order chi connectivity index (χ0) is 13.0. The lowest BCUT2D eigenvalue weighted by molar-refractivity contribution is -0.385. The van der Waals surface area contributed by atoms with Crippen molar-refractivity contribution in [2.45, 2.75) is 25.1 Å². The summed E-state index contributed by atoms with van der Waals surface area (Å²) in [7, 11) is 0. The second-order valence-electron chi connectivity index (χ2n) is 3.58. The van der Waals surface area contributed by atoms with Crippen molar-refractivity contribution in [2.24, 2.45) is 0 Å². The molecule has 1 rings (SSSR count). The summed E-state index contributed by atoms with van der Waals surface area (Å²) in [6.07, 6.45) is 0.627. The van der Waals surface area contributed by atoms with Crippen LogP contribution in [0.3, 0.4) is 0 Å². The van der Waals surface area contributed by atoms with Gasteiger partial charge in [0.2, 0.25) is 0 Å². The third-order valence-corrected chi connectivity index (χ3v) is 2.76. The van der Waals surface area contributed by atoms with Gasteiger partial charge >= 0.3 is 5.97 Å². The predicted octanol–water partition coefficient (Wildman–Crippen LogP) is 2.39. The highest BCUT2D eigenvalue weighted by Gasteiger charge is 2.21. The maximum atomic E-state index is 10.9. The van der Waals surface area contributed by atoms with Crippen molar-refractivity contribution < 1.29 is 14.8 Å². The SMILES string of the molecule is CCc1ccc(CC(Cl)C(=O)O)c([N+](=O)[O-])c1. The van der Waals surface area contributed by atoms with Gasteiger partial charge in [-0.05, 0) is 12.0 Å². The first kappa shape index (κ1) is 13.4. The van der Waals surface area contributed by atoms with Crippen molar-refractivity contribution in [1.29, 1.82) is 0 Å². The van der Waals surface area contributed by atoms with Gasteiger partial charge in [-0.3, -0.25) is 14.9 Å². The molecular weight excluding hydrogens is 246 g/mol. The number of rotatable bonds is 5. The molecule has 17 heavy (non-hydrogen) atoms. The standard InChI is InChI=1S/C11H12ClNO4/c1-2-7-3-4-8(6-9(12)11(14)15)10(5-7)13(16)17/h3-5,9H,2,6H2,1H3,(H,14,15). The van der Waals surface area contributed by atoms with Crippen LogP contribution in [-0.2, 0) is 17.6 Å². The van der Waals surface area contributed by atoms with E-state index in [4.69, 9.17) is 16.7 Å². The molecule has 0 aliphatic heterocycles. The quantitative estimate of drug-likeness (QED) is 0.499. The molecule has 0 saturated heterocycles. The number of aliphatic carboxylic acids is 1. The van der Waals surface area contributed by atoms with Gasteiger partial charge in [0.05, 0.1) is 4.92 Å². The van der Waals surface area contributed by atoms with Crippen LogP contribution in [0.2, 0.25) is 0 Å². The van der Waals surface area contributed by atoms with Crippen LogP contribution in [-0.4, -0.2) is 21.4 Å². The molecule has 0 aliphatic rings. The summed E-state index contributed by atoms with van der Waals surface area (Å²) < 4.78 is 0. The van der Waals surface area contributed by atoms with Crippen molar-refractivity contribution in [3.05, 3.63) is 39.4 Å². The Morgan fingerprint density at radius 1 is 1.59 bits per heavy atom. The van der Waals surface area contributed by atoms with Crippen molar-refractivity contribution in [1.82, 2.24) is 0 Å². The lowest BCUT2D eigenvalue weighted by Gasteiger charge is -2.06. The Hall–Kier alpha value is -1.62. The fraction of sp³-hybridized carbons (Fsp3) is 0.364. The van der Waals surface area contributed by atoms with E-state index in [1.54, 1.807) is 12.1 Å². The van der Waals surface area contributed by atoms with Gasteiger partial charge in [-0.2, -0.15) is 0 Å². The molecule has 1 aromatic carbocycles. The number of aryl methyl sites for hydroxylation is 1. The Morgan fingerprint density at radius 3 is 2.71 bits per heavy atom. The molecule has 1 aromatic rings. The molecule has 0 saturated carbocycles. The summed E-state index contributed by atoms with van der Waals surface area (Å²) in [5.41, 5.74) is 1.10. The van der Waals surface area contributed by atoms with Gasteiger partial charge in [0.1, 0.15) is 5.38 Å². The highest BCUT2D eigenvalue weighted by atomic mass is 35.5. The number of carboxylic acid groups (broad SMARTS) is 1. The Labute approximate surface area is 103 Å². The highest BCUT2D eigenvalue weighted by molar-refractivity contribution is 6.29.